The molecule has 0 aliphatic heterocycles. The summed E-state index contributed by atoms with van der Waals surface area (Å²) in [6.07, 6.45) is 4.60. The number of hydrogen-bond donors (Lipinski definition) is 0. The molecule has 0 aliphatic carbocycles. The fraction of sp³-hybridized carbons (Fsp3) is 0.333. The van der Waals surface area contributed by atoms with Gasteiger partial charge in [-0.1, -0.05) is 42.4 Å². The van der Waals surface area contributed by atoms with Crippen molar-refractivity contribution in [3.05, 3.63) is 60.1 Å². The molecule has 4 rings (SSSR count). The molecule has 0 bridgehead atoms. The van der Waals surface area contributed by atoms with E-state index in [1.54, 1.807) is 13.4 Å². The molecule has 0 radical (unpaired) electrons. The van der Waals surface area contributed by atoms with Crippen molar-refractivity contribution >= 4 is 11.8 Å². The largest absolute Gasteiger partial charge is 0.497 e. The minimum atomic E-state index is 0.517. The highest BCUT2D eigenvalue weighted by atomic mass is 32.2. The topological polar surface area (TPSA) is 92.0 Å². The molecule has 9 heteroatoms. The van der Waals surface area contributed by atoms with E-state index in [-0.39, 0.29) is 0 Å². The molecule has 0 atom stereocenters. The standard InChI is InChI=1S/C21H23N5O3S/c1-3-4-10-19-22-18(25-29-19)14-30-21-24-23-20(15-7-5-8-16(12-15)27-2)26(21)13-17-9-6-11-28-17/h5-9,11-12H,3-4,10,13-14H2,1-2H3. The summed E-state index contributed by atoms with van der Waals surface area (Å²) in [4.78, 5) is 4.46. The Morgan fingerprint density at radius 3 is 2.90 bits per heavy atom. The molecule has 0 saturated heterocycles. The Bertz CT molecular complexity index is 1070. The first-order valence-electron chi connectivity index (χ1n) is 9.81. The predicted molar refractivity (Wildman–Crippen MR) is 112 cm³/mol. The summed E-state index contributed by atoms with van der Waals surface area (Å²) < 4.78 is 18.3. The van der Waals surface area contributed by atoms with E-state index in [0.717, 1.165) is 47.3 Å². The smallest absolute Gasteiger partial charge is 0.226 e. The highest BCUT2D eigenvalue weighted by Crippen LogP contribution is 2.28. The van der Waals surface area contributed by atoms with Gasteiger partial charge in [0, 0.05) is 12.0 Å². The summed E-state index contributed by atoms with van der Waals surface area (Å²) >= 11 is 1.52. The molecule has 0 saturated carbocycles. The molecule has 4 aromatic rings. The van der Waals surface area contributed by atoms with E-state index in [0.29, 0.717) is 24.0 Å². The first-order chi connectivity index (χ1) is 14.8. The summed E-state index contributed by atoms with van der Waals surface area (Å²) in [7, 11) is 1.65. The van der Waals surface area contributed by atoms with Crippen molar-refractivity contribution in [2.24, 2.45) is 0 Å². The third kappa shape index (κ3) is 4.73. The van der Waals surface area contributed by atoms with Crippen LogP contribution in [0.1, 0.15) is 37.2 Å². The van der Waals surface area contributed by atoms with Gasteiger partial charge in [0.15, 0.2) is 16.8 Å². The molecule has 0 aliphatic rings. The van der Waals surface area contributed by atoms with Crippen molar-refractivity contribution in [2.45, 2.75) is 43.6 Å². The first-order valence-corrected chi connectivity index (χ1v) is 10.8. The minimum absolute atomic E-state index is 0.517. The molecule has 0 unspecified atom stereocenters. The van der Waals surface area contributed by atoms with Crippen LogP contribution in [0.25, 0.3) is 11.4 Å². The van der Waals surface area contributed by atoms with Crippen LogP contribution in [0.2, 0.25) is 0 Å². The Labute approximate surface area is 178 Å². The van der Waals surface area contributed by atoms with Crippen LogP contribution < -0.4 is 4.74 Å². The number of nitrogens with zero attached hydrogens (tertiary/aromatic N) is 5. The van der Waals surface area contributed by atoms with Gasteiger partial charge in [0.2, 0.25) is 5.89 Å². The molecule has 1 aromatic carbocycles. The Hall–Kier alpha value is -3.07. The highest BCUT2D eigenvalue weighted by molar-refractivity contribution is 7.98. The van der Waals surface area contributed by atoms with E-state index in [4.69, 9.17) is 13.7 Å². The molecule has 0 amide bonds. The SMILES string of the molecule is CCCCc1nc(CSc2nnc(-c3cccc(OC)c3)n2Cc2ccco2)no1. The summed E-state index contributed by atoms with van der Waals surface area (Å²) in [5, 5.41) is 13.7. The lowest BCUT2D eigenvalue weighted by atomic mass is 10.2. The van der Waals surface area contributed by atoms with Gasteiger partial charge >= 0.3 is 0 Å². The molecular weight excluding hydrogens is 402 g/mol. The van der Waals surface area contributed by atoms with Crippen molar-refractivity contribution in [1.82, 2.24) is 24.9 Å². The second-order valence-corrected chi connectivity index (χ2v) is 7.64. The van der Waals surface area contributed by atoms with Crippen LogP contribution in [0.15, 0.2) is 56.8 Å². The summed E-state index contributed by atoms with van der Waals surface area (Å²) in [5.74, 6) is 4.21. The summed E-state index contributed by atoms with van der Waals surface area (Å²) in [5.41, 5.74) is 0.918. The van der Waals surface area contributed by atoms with Gasteiger partial charge in [0.05, 0.1) is 25.7 Å². The molecule has 3 aromatic heterocycles. The van der Waals surface area contributed by atoms with Crippen LogP contribution in [0.5, 0.6) is 5.75 Å². The number of furan rings is 1. The van der Waals surface area contributed by atoms with Gasteiger partial charge in [0.1, 0.15) is 11.5 Å². The zero-order chi connectivity index (χ0) is 20.8. The molecule has 8 nitrogen and oxygen atoms in total. The number of ether oxygens (including phenoxy) is 1. The van der Waals surface area contributed by atoms with Crippen molar-refractivity contribution in [1.29, 1.82) is 0 Å². The fourth-order valence-electron chi connectivity index (χ4n) is 2.98. The summed E-state index contributed by atoms with van der Waals surface area (Å²) in [6.45, 7) is 2.65. The van der Waals surface area contributed by atoms with Crippen LogP contribution in [-0.2, 0) is 18.7 Å². The van der Waals surface area contributed by atoms with E-state index in [1.165, 1.54) is 11.8 Å². The van der Waals surface area contributed by atoms with E-state index in [1.807, 2.05) is 41.0 Å². The fourth-order valence-corrected chi connectivity index (χ4v) is 3.76. The van der Waals surface area contributed by atoms with Gasteiger partial charge in [-0.3, -0.25) is 4.57 Å². The lowest BCUT2D eigenvalue weighted by molar-refractivity contribution is 0.371. The monoisotopic (exact) mass is 425 g/mol. The summed E-state index contributed by atoms with van der Waals surface area (Å²) in [6, 6.07) is 11.6. The average molecular weight is 426 g/mol. The van der Waals surface area contributed by atoms with Crippen LogP contribution in [0.3, 0.4) is 0 Å². The van der Waals surface area contributed by atoms with Crippen molar-refractivity contribution < 1.29 is 13.7 Å². The third-order valence-corrected chi connectivity index (χ3v) is 5.49. The van der Waals surface area contributed by atoms with E-state index < -0.39 is 0 Å². The molecule has 156 valence electrons. The quantitative estimate of drug-likeness (QED) is 0.340. The molecule has 0 fully saturated rings. The van der Waals surface area contributed by atoms with E-state index in [2.05, 4.69) is 27.3 Å². The number of benzene rings is 1. The highest BCUT2D eigenvalue weighted by Gasteiger charge is 2.17. The maximum atomic E-state index is 5.55. The van der Waals surface area contributed by atoms with Crippen molar-refractivity contribution in [3.63, 3.8) is 0 Å². The zero-order valence-electron chi connectivity index (χ0n) is 16.9. The number of aromatic nitrogens is 5. The zero-order valence-corrected chi connectivity index (χ0v) is 17.8. The van der Waals surface area contributed by atoms with Crippen molar-refractivity contribution in [2.75, 3.05) is 7.11 Å². The van der Waals surface area contributed by atoms with Gasteiger partial charge < -0.3 is 13.7 Å². The van der Waals surface area contributed by atoms with Gasteiger partial charge in [0.25, 0.3) is 0 Å². The number of aryl methyl sites for hydroxylation is 1. The molecule has 30 heavy (non-hydrogen) atoms. The Kier molecular flexibility index (Phi) is 6.48. The molecule has 0 spiro atoms. The Balaban J connectivity index is 1.57. The minimum Gasteiger partial charge on any atom is -0.497 e. The second-order valence-electron chi connectivity index (χ2n) is 6.70. The van der Waals surface area contributed by atoms with Gasteiger partial charge in [-0.15, -0.1) is 10.2 Å². The number of methoxy groups -OCH3 is 1. The Morgan fingerprint density at radius 2 is 2.10 bits per heavy atom. The average Bonchev–Trinajstić information content (AvgIpc) is 3.53. The number of thioether (sulfide) groups is 1. The predicted octanol–water partition coefficient (Wildman–Crippen LogP) is 4.61. The lowest BCUT2D eigenvalue weighted by Gasteiger charge is -2.09. The molecular formula is C21H23N5O3S. The van der Waals surface area contributed by atoms with Crippen LogP contribution in [0.4, 0.5) is 0 Å². The molecule has 0 N–H and O–H groups in total. The molecule has 3 heterocycles. The number of rotatable bonds is 10. The van der Waals surface area contributed by atoms with E-state index >= 15 is 0 Å². The normalized spacial score (nSPS) is 11.1. The van der Waals surface area contributed by atoms with Crippen molar-refractivity contribution in [3.8, 4) is 17.1 Å². The van der Waals surface area contributed by atoms with Gasteiger partial charge in [-0.25, -0.2) is 0 Å². The van der Waals surface area contributed by atoms with Crippen LogP contribution in [-0.4, -0.2) is 32.0 Å². The Morgan fingerprint density at radius 1 is 1.17 bits per heavy atom. The first kappa shape index (κ1) is 20.2. The van der Waals surface area contributed by atoms with Crippen LogP contribution in [0, 0.1) is 0 Å². The maximum Gasteiger partial charge on any atom is 0.226 e. The second kappa shape index (κ2) is 9.62. The third-order valence-electron chi connectivity index (χ3n) is 4.52. The number of hydrogen-bond acceptors (Lipinski definition) is 8. The lowest BCUT2D eigenvalue weighted by Crippen LogP contribution is -2.04. The number of unbranched alkanes of at least 4 members (excludes halogenated alkanes) is 1. The van der Waals surface area contributed by atoms with Gasteiger partial charge in [-0.2, -0.15) is 4.98 Å². The maximum absolute atomic E-state index is 5.55. The van der Waals surface area contributed by atoms with Crippen LogP contribution >= 0.6 is 11.8 Å². The van der Waals surface area contributed by atoms with Gasteiger partial charge in [-0.05, 0) is 30.7 Å². The van der Waals surface area contributed by atoms with E-state index in [9.17, 15) is 0 Å².